The molecule has 0 unspecified atom stereocenters. The lowest BCUT2D eigenvalue weighted by Crippen LogP contribution is -2.25. The van der Waals surface area contributed by atoms with E-state index in [2.05, 4.69) is 5.32 Å². The third kappa shape index (κ3) is 6.57. The van der Waals surface area contributed by atoms with Crippen molar-refractivity contribution < 1.29 is 14.3 Å². The number of ether oxygens (including phenoxy) is 1. The minimum Gasteiger partial charge on any atom is -0.466 e. The lowest BCUT2D eigenvalue weighted by Gasteiger charge is -2.06. The maximum Gasteiger partial charge on any atom is 0.305 e. The minimum absolute atomic E-state index is 0.0335. The van der Waals surface area contributed by atoms with E-state index >= 15 is 0 Å². The summed E-state index contributed by atoms with van der Waals surface area (Å²) in [6, 6.07) is 7.49. The van der Waals surface area contributed by atoms with Gasteiger partial charge in [-0.2, -0.15) is 0 Å². The smallest absolute Gasteiger partial charge is 0.305 e. The highest BCUT2D eigenvalue weighted by atomic mass is 35.5. The third-order valence-electron chi connectivity index (χ3n) is 2.76. The van der Waals surface area contributed by atoms with Crippen molar-refractivity contribution in [3.8, 4) is 0 Å². The predicted molar refractivity (Wildman–Crippen MR) is 78.6 cm³/mol. The SMILES string of the molecule is CCOC(=O)CCCNC(=O)CCc1ccccc1Cl. The molecule has 1 aromatic rings. The lowest BCUT2D eigenvalue weighted by molar-refractivity contribution is -0.143. The molecule has 20 heavy (non-hydrogen) atoms. The zero-order chi connectivity index (χ0) is 14.8. The molecule has 1 N–H and O–H groups in total. The van der Waals surface area contributed by atoms with Crippen molar-refractivity contribution in [3.05, 3.63) is 34.9 Å². The zero-order valence-corrected chi connectivity index (χ0v) is 12.4. The molecule has 0 saturated heterocycles. The van der Waals surface area contributed by atoms with Crippen molar-refractivity contribution in [1.82, 2.24) is 5.32 Å². The van der Waals surface area contributed by atoms with Gasteiger partial charge in [-0.15, -0.1) is 0 Å². The summed E-state index contributed by atoms with van der Waals surface area (Å²) >= 11 is 6.02. The fourth-order valence-electron chi connectivity index (χ4n) is 1.73. The van der Waals surface area contributed by atoms with Gasteiger partial charge >= 0.3 is 5.97 Å². The number of hydrogen-bond acceptors (Lipinski definition) is 3. The number of benzene rings is 1. The van der Waals surface area contributed by atoms with E-state index in [9.17, 15) is 9.59 Å². The number of amides is 1. The first-order valence-corrected chi connectivity index (χ1v) is 7.17. The molecule has 5 heteroatoms. The molecule has 0 aromatic heterocycles. The summed E-state index contributed by atoms with van der Waals surface area (Å²) < 4.78 is 4.80. The highest BCUT2D eigenvalue weighted by Crippen LogP contribution is 2.16. The van der Waals surface area contributed by atoms with Crippen molar-refractivity contribution in [2.24, 2.45) is 0 Å². The Kier molecular flexibility index (Phi) is 7.73. The Bertz CT molecular complexity index is 448. The molecular formula is C15H20ClNO3. The quantitative estimate of drug-likeness (QED) is 0.593. The molecule has 0 aliphatic heterocycles. The summed E-state index contributed by atoms with van der Waals surface area (Å²) in [6.07, 6.45) is 1.93. The Labute approximate surface area is 124 Å². The second-order valence-corrected chi connectivity index (χ2v) is 4.76. The Morgan fingerprint density at radius 3 is 2.70 bits per heavy atom. The Balaban J connectivity index is 2.15. The molecule has 0 fully saturated rings. The fourth-order valence-corrected chi connectivity index (χ4v) is 1.96. The van der Waals surface area contributed by atoms with Gasteiger partial charge in [0.15, 0.2) is 0 Å². The summed E-state index contributed by atoms with van der Waals surface area (Å²) in [4.78, 5) is 22.7. The fraction of sp³-hybridized carbons (Fsp3) is 0.467. The van der Waals surface area contributed by atoms with Crippen LogP contribution in [0.25, 0.3) is 0 Å². The van der Waals surface area contributed by atoms with Gasteiger partial charge in [0.05, 0.1) is 6.61 Å². The normalized spacial score (nSPS) is 10.1. The van der Waals surface area contributed by atoms with Crippen molar-refractivity contribution in [2.45, 2.75) is 32.6 Å². The van der Waals surface area contributed by atoms with E-state index in [-0.39, 0.29) is 11.9 Å². The van der Waals surface area contributed by atoms with Crippen LogP contribution in [0.1, 0.15) is 31.7 Å². The largest absolute Gasteiger partial charge is 0.466 e. The molecule has 0 aliphatic carbocycles. The lowest BCUT2D eigenvalue weighted by atomic mass is 10.1. The molecular weight excluding hydrogens is 278 g/mol. The van der Waals surface area contributed by atoms with Gasteiger partial charge in [0.2, 0.25) is 5.91 Å². The highest BCUT2D eigenvalue weighted by Gasteiger charge is 2.05. The molecule has 4 nitrogen and oxygen atoms in total. The number of carbonyl (C=O) groups excluding carboxylic acids is 2. The van der Waals surface area contributed by atoms with Gasteiger partial charge in [-0.1, -0.05) is 29.8 Å². The van der Waals surface area contributed by atoms with Crippen molar-refractivity contribution in [1.29, 1.82) is 0 Å². The molecule has 0 aliphatic rings. The number of carbonyl (C=O) groups is 2. The molecule has 1 rings (SSSR count). The molecule has 1 aromatic carbocycles. The number of rotatable bonds is 8. The van der Waals surface area contributed by atoms with Crippen LogP contribution in [-0.4, -0.2) is 25.0 Å². The standard InChI is InChI=1S/C15H20ClNO3/c1-2-20-15(19)8-5-11-17-14(18)10-9-12-6-3-4-7-13(12)16/h3-4,6-7H,2,5,8-11H2,1H3,(H,17,18). The Hall–Kier alpha value is -1.55. The Morgan fingerprint density at radius 1 is 1.25 bits per heavy atom. The summed E-state index contributed by atoms with van der Waals surface area (Å²) in [5.74, 6) is -0.258. The molecule has 0 heterocycles. The number of halogens is 1. The van der Waals surface area contributed by atoms with Crippen LogP contribution < -0.4 is 5.32 Å². The van der Waals surface area contributed by atoms with Crippen molar-refractivity contribution >= 4 is 23.5 Å². The average molecular weight is 298 g/mol. The van der Waals surface area contributed by atoms with E-state index in [1.807, 2.05) is 24.3 Å². The summed E-state index contributed by atoms with van der Waals surface area (Å²) in [5, 5.41) is 3.46. The molecule has 0 saturated carbocycles. The predicted octanol–water partition coefficient (Wildman–Crippen LogP) is 2.73. The first-order valence-electron chi connectivity index (χ1n) is 6.79. The van der Waals surface area contributed by atoms with Crippen LogP contribution in [-0.2, 0) is 20.7 Å². The average Bonchev–Trinajstić information content (AvgIpc) is 2.43. The number of hydrogen-bond donors (Lipinski definition) is 1. The van der Waals surface area contributed by atoms with Crippen LogP contribution in [0.4, 0.5) is 0 Å². The van der Waals surface area contributed by atoms with E-state index in [1.165, 1.54) is 0 Å². The van der Waals surface area contributed by atoms with Gasteiger partial charge in [-0.25, -0.2) is 0 Å². The second-order valence-electron chi connectivity index (χ2n) is 4.35. The summed E-state index contributed by atoms with van der Waals surface area (Å²) in [7, 11) is 0. The van der Waals surface area contributed by atoms with Gasteiger partial charge in [-0.3, -0.25) is 9.59 Å². The van der Waals surface area contributed by atoms with Gasteiger partial charge in [-0.05, 0) is 31.4 Å². The first kappa shape index (κ1) is 16.5. The molecule has 0 radical (unpaired) electrons. The van der Waals surface area contributed by atoms with Crippen LogP contribution in [0.3, 0.4) is 0 Å². The van der Waals surface area contributed by atoms with E-state index in [0.29, 0.717) is 43.9 Å². The second kappa shape index (κ2) is 9.37. The van der Waals surface area contributed by atoms with Crippen LogP contribution in [0.15, 0.2) is 24.3 Å². The number of nitrogens with one attached hydrogen (secondary N) is 1. The van der Waals surface area contributed by atoms with Crippen LogP contribution in [0, 0.1) is 0 Å². The zero-order valence-electron chi connectivity index (χ0n) is 11.7. The van der Waals surface area contributed by atoms with Gasteiger partial charge < -0.3 is 10.1 Å². The van der Waals surface area contributed by atoms with E-state index in [1.54, 1.807) is 6.92 Å². The maximum atomic E-state index is 11.6. The van der Waals surface area contributed by atoms with E-state index < -0.39 is 0 Å². The van der Waals surface area contributed by atoms with Gasteiger partial charge in [0.1, 0.15) is 0 Å². The number of esters is 1. The summed E-state index contributed by atoms with van der Waals surface area (Å²) in [5.41, 5.74) is 0.968. The topological polar surface area (TPSA) is 55.4 Å². The van der Waals surface area contributed by atoms with Gasteiger partial charge in [0, 0.05) is 24.4 Å². The highest BCUT2D eigenvalue weighted by molar-refractivity contribution is 6.31. The molecule has 0 spiro atoms. The number of aryl methyl sites for hydroxylation is 1. The van der Waals surface area contributed by atoms with Crippen LogP contribution >= 0.6 is 11.6 Å². The van der Waals surface area contributed by atoms with Crippen molar-refractivity contribution in [3.63, 3.8) is 0 Å². The first-order chi connectivity index (χ1) is 9.63. The van der Waals surface area contributed by atoms with E-state index in [0.717, 1.165) is 5.56 Å². The molecule has 0 bridgehead atoms. The summed E-state index contributed by atoms with van der Waals surface area (Å²) in [6.45, 7) is 2.65. The molecule has 0 atom stereocenters. The van der Waals surface area contributed by atoms with Crippen molar-refractivity contribution in [2.75, 3.05) is 13.2 Å². The van der Waals surface area contributed by atoms with Crippen LogP contribution in [0.2, 0.25) is 5.02 Å². The van der Waals surface area contributed by atoms with Gasteiger partial charge in [0.25, 0.3) is 0 Å². The monoisotopic (exact) mass is 297 g/mol. The molecule has 1 amide bonds. The van der Waals surface area contributed by atoms with E-state index in [4.69, 9.17) is 16.3 Å². The maximum absolute atomic E-state index is 11.6. The molecule has 110 valence electrons. The third-order valence-corrected chi connectivity index (χ3v) is 3.13. The Morgan fingerprint density at radius 2 is 2.00 bits per heavy atom. The van der Waals surface area contributed by atoms with Crippen LogP contribution in [0.5, 0.6) is 0 Å². The minimum atomic E-state index is -0.224.